The third-order valence-electron chi connectivity index (χ3n) is 1.95. The third kappa shape index (κ3) is 2.11. The Morgan fingerprint density at radius 3 is 1.93 bits per heavy atom. The summed E-state index contributed by atoms with van der Waals surface area (Å²) in [4.78, 5) is 0. The highest BCUT2D eigenvalue weighted by atomic mass is 35.5. The quantitative estimate of drug-likeness (QED) is 0.844. The van der Waals surface area contributed by atoms with Gasteiger partial charge in [-0.25, -0.2) is 0 Å². The van der Waals surface area contributed by atoms with E-state index in [2.05, 4.69) is 0 Å². The molecule has 0 amide bonds. The van der Waals surface area contributed by atoms with E-state index in [-0.39, 0.29) is 0 Å². The van der Waals surface area contributed by atoms with E-state index in [1.54, 1.807) is 19.1 Å². The molecular weight excluding hydrogens is 204 g/mol. The average molecular weight is 217 g/mol. The minimum atomic E-state index is -0.574. The van der Waals surface area contributed by atoms with Gasteiger partial charge >= 0.3 is 0 Å². The Morgan fingerprint density at radius 1 is 1.21 bits per heavy atom. The van der Waals surface area contributed by atoms with Gasteiger partial charge in [0.1, 0.15) is 16.5 Å². The highest BCUT2D eigenvalue weighted by Crippen LogP contribution is 2.36. The molecule has 0 unspecified atom stereocenters. The number of rotatable bonds is 3. The van der Waals surface area contributed by atoms with Crippen LogP contribution >= 0.6 is 11.6 Å². The second-order valence-corrected chi connectivity index (χ2v) is 3.29. The molecule has 0 saturated carbocycles. The molecule has 78 valence electrons. The van der Waals surface area contributed by atoms with E-state index in [1.807, 2.05) is 0 Å². The first-order chi connectivity index (χ1) is 6.60. The second kappa shape index (κ2) is 4.53. The Kier molecular flexibility index (Phi) is 3.61. The lowest BCUT2D eigenvalue weighted by molar-refractivity contribution is 0.198. The molecule has 0 aliphatic heterocycles. The van der Waals surface area contributed by atoms with Crippen molar-refractivity contribution in [3.63, 3.8) is 0 Å². The molecule has 3 nitrogen and oxygen atoms in total. The molecule has 0 fully saturated rings. The van der Waals surface area contributed by atoms with Gasteiger partial charge in [0.05, 0.1) is 20.3 Å². The Labute approximate surface area is 88.2 Å². The van der Waals surface area contributed by atoms with E-state index in [0.29, 0.717) is 22.1 Å². The average Bonchev–Trinajstić information content (AvgIpc) is 2.17. The first kappa shape index (κ1) is 11.1. The van der Waals surface area contributed by atoms with Gasteiger partial charge < -0.3 is 14.6 Å². The molecule has 1 rings (SSSR count). The smallest absolute Gasteiger partial charge is 0.141 e. The summed E-state index contributed by atoms with van der Waals surface area (Å²) in [6, 6.07) is 3.38. The molecule has 0 saturated heterocycles. The zero-order valence-electron chi connectivity index (χ0n) is 8.37. The van der Waals surface area contributed by atoms with Crippen molar-refractivity contribution in [2.75, 3.05) is 14.2 Å². The van der Waals surface area contributed by atoms with Crippen molar-refractivity contribution in [2.24, 2.45) is 0 Å². The third-order valence-corrected chi connectivity index (χ3v) is 2.32. The van der Waals surface area contributed by atoms with Crippen molar-refractivity contribution in [3.8, 4) is 11.5 Å². The molecule has 1 N–H and O–H groups in total. The van der Waals surface area contributed by atoms with Crippen LogP contribution in [0.15, 0.2) is 12.1 Å². The van der Waals surface area contributed by atoms with E-state index in [4.69, 9.17) is 21.1 Å². The van der Waals surface area contributed by atoms with E-state index in [9.17, 15) is 5.11 Å². The fourth-order valence-corrected chi connectivity index (χ4v) is 1.39. The monoisotopic (exact) mass is 216 g/mol. The summed E-state index contributed by atoms with van der Waals surface area (Å²) in [7, 11) is 3.04. The predicted octanol–water partition coefficient (Wildman–Crippen LogP) is 2.41. The molecule has 0 aromatic heterocycles. The van der Waals surface area contributed by atoms with Crippen molar-refractivity contribution in [2.45, 2.75) is 13.0 Å². The number of halogens is 1. The zero-order valence-corrected chi connectivity index (χ0v) is 9.13. The standard InChI is InChI=1S/C10H13ClO3/c1-6(12)7-4-8(13-2)10(11)9(5-7)14-3/h4-6,12H,1-3H3/t6-/m1/s1. The minimum Gasteiger partial charge on any atom is -0.495 e. The van der Waals surface area contributed by atoms with Gasteiger partial charge in [-0.1, -0.05) is 11.6 Å². The van der Waals surface area contributed by atoms with Gasteiger partial charge in [0.2, 0.25) is 0 Å². The van der Waals surface area contributed by atoms with Crippen molar-refractivity contribution < 1.29 is 14.6 Å². The zero-order chi connectivity index (χ0) is 10.7. The lowest BCUT2D eigenvalue weighted by atomic mass is 10.1. The van der Waals surface area contributed by atoms with Crippen LogP contribution in [0.2, 0.25) is 5.02 Å². The largest absolute Gasteiger partial charge is 0.495 e. The summed E-state index contributed by atoms with van der Waals surface area (Å²) in [5, 5.41) is 9.82. The first-order valence-electron chi connectivity index (χ1n) is 4.19. The van der Waals surface area contributed by atoms with Crippen molar-refractivity contribution in [1.82, 2.24) is 0 Å². The fourth-order valence-electron chi connectivity index (χ4n) is 1.13. The first-order valence-corrected chi connectivity index (χ1v) is 4.57. The molecule has 0 aliphatic rings. The van der Waals surface area contributed by atoms with Crippen molar-refractivity contribution in [3.05, 3.63) is 22.7 Å². The SMILES string of the molecule is COc1cc([C@@H](C)O)cc(OC)c1Cl. The molecular formula is C10H13ClO3. The molecule has 4 heteroatoms. The molecule has 0 bridgehead atoms. The van der Waals surface area contributed by atoms with Gasteiger partial charge in [0.15, 0.2) is 0 Å². The normalized spacial score (nSPS) is 12.4. The predicted molar refractivity (Wildman–Crippen MR) is 55.2 cm³/mol. The maximum absolute atomic E-state index is 9.40. The van der Waals surface area contributed by atoms with Crippen LogP contribution in [-0.2, 0) is 0 Å². The molecule has 0 aliphatic carbocycles. The number of hydrogen-bond donors (Lipinski definition) is 1. The number of hydrogen-bond acceptors (Lipinski definition) is 3. The lowest BCUT2D eigenvalue weighted by Gasteiger charge is -2.12. The number of methoxy groups -OCH3 is 2. The highest BCUT2D eigenvalue weighted by molar-refractivity contribution is 6.33. The van der Waals surface area contributed by atoms with Crippen molar-refractivity contribution >= 4 is 11.6 Å². The Balaban J connectivity index is 3.25. The fraction of sp³-hybridized carbons (Fsp3) is 0.400. The summed E-state index contributed by atoms with van der Waals surface area (Å²) >= 11 is 5.95. The van der Waals surface area contributed by atoms with E-state index >= 15 is 0 Å². The van der Waals surface area contributed by atoms with Crippen LogP contribution in [0.4, 0.5) is 0 Å². The van der Waals surface area contributed by atoms with Gasteiger partial charge in [0.25, 0.3) is 0 Å². The number of aliphatic hydroxyl groups excluding tert-OH is 1. The summed E-state index contributed by atoms with van der Waals surface area (Å²) in [6.45, 7) is 1.67. The van der Waals surface area contributed by atoms with E-state index in [1.165, 1.54) is 14.2 Å². The van der Waals surface area contributed by atoms with Crippen molar-refractivity contribution in [1.29, 1.82) is 0 Å². The van der Waals surface area contributed by atoms with Gasteiger partial charge in [-0.3, -0.25) is 0 Å². The van der Waals surface area contributed by atoms with Crippen LogP contribution in [0, 0.1) is 0 Å². The number of ether oxygens (including phenoxy) is 2. The molecule has 1 aromatic rings. The van der Waals surface area contributed by atoms with Gasteiger partial charge in [-0.15, -0.1) is 0 Å². The Morgan fingerprint density at radius 2 is 1.64 bits per heavy atom. The van der Waals surface area contributed by atoms with E-state index < -0.39 is 6.10 Å². The van der Waals surface area contributed by atoms with Gasteiger partial charge in [0, 0.05) is 0 Å². The minimum absolute atomic E-state index is 0.416. The molecule has 0 spiro atoms. The Bertz CT molecular complexity index is 298. The van der Waals surface area contributed by atoms with Crippen LogP contribution in [0.3, 0.4) is 0 Å². The van der Waals surface area contributed by atoms with Crippen LogP contribution in [-0.4, -0.2) is 19.3 Å². The van der Waals surface area contributed by atoms with Gasteiger partial charge in [-0.05, 0) is 24.6 Å². The maximum Gasteiger partial charge on any atom is 0.141 e. The topological polar surface area (TPSA) is 38.7 Å². The lowest BCUT2D eigenvalue weighted by Crippen LogP contribution is -1.96. The molecule has 0 heterocycles. The van der Waals surface area contributed by atoms with E-state index in [0.717, 1.165) is 0 Å². The summed E-state index contributed by atoms with van der Waals surface area (Å²) < 4.78 is 10.1. The number of aliphatic hydroxyl groups is 1. The number of benzene rings is 1. The molecule has 1 aromatic carbocycles. The summed E-state index contributed by atoms with van der Waals surface area (Å²) in [6.07, 6.45) is -0.574. The summed E-state index contributed by atoms with van der Waals surface area (Å²) in [5.41, 5.74) is 0.711. The van der Waals surface area contributed by atoms with Crippen LogP contribution in [0.1, 0.15) is 18.6 Å². The molecule has 14 heavy (non-hydrogen) atoms. The summed E-state index contributed by atoms with van der Waals surface area (Å²) in [5.74, 6) is 1.00. The van der Waals surface area contributed by atoms with Crippen LogP contribution in [0.5, 0.6) is 11.5 Å². The highest BCUT2D eigenvalue weighted by Gasteiger charge is 2.12. The van der Waals surface area contributed by atoms with Crippen LogP contribution in [0.25, 0.3) is 0 Å². The molecule has 1 atom stereocenters. The van der Waals surface area contributed by atoms with Gasteiger partial charge in [-0.2, -0.15) is 0 Å². The Hall–Kier alpha value is -0.930. The van der Waals surface area contributed by atoms with Crippen LogP contribution < -0.4 is 9.47 Å². The second-order valence-electron chi connectivity index (χ2n) is 2.92. The molecule has 0 radical (unpaired) electrons. The maximum atomic E-state index is 9.40.